The van der Waals surface area contributed by atoms with Crippen LogP contribution < -0.4 is 0 Å². The number of halogens is 1. The van der Waals surface area contributed by atoms with Gasteiger partial charge < -0.3 is 4.90 Å². The SMILES string of the molecule is CCN(CC)C(=O)C=CC(Cl)OP(=O)(OC)OC. The molecule has 0 aliphatic heterocycles. The minimum absolute atomic E-state index is 0.195. The predicted molar refractivity (Wildman–Crippen MR) is 69.4 cm³/mol. The Morgan fingerprint density at radius 3 is 2.22 bits per heavy atom. The zero-order chi connectivity index (χ0) is 14.2. The first kappa shape index (κ1) is 17.6. The first-order valence-electron chi connectivity index (χ1n) is 5.43. The number of phosphoric ester groups is 1. The van der Waals surface area contributed by atoms with Gasteiger partial charge in [-0.1, -0.05) is 11.6 Å². The molecule has 6 nitrogen and oxygen atoms in total. The van der Waals surface area contributed by atoms with Crippen LogP contribution in [-0.4, -0.2) is 43.7 Å². The summed E-state index contributed by atoms with van der Waals surface area (Å²) in [6.07, 6.45) is 2.55. The van der Waals surface area contributed by atoms with Crippen LogP contribution in [0.3, 0.4) is 0 Å². The molecule has 18 heavy (non-hydrogen) atoms. The van der Waals surface area contributed by atoms with Gasteiger partial charge in [0.1, 0.15) is 0 Å². The van der Waals surface area contributed by atoms with Crippen molar-refractivity contribution < 1.29 is 22.9 Å². The van der Waals surface area contributed by atoms with Crippen LogP contribution >= 0.6 is 19.4 Å². The molecule has 1 atom stereocenters. The monoisotopic (exact) mass is 299 g/mol. The van der Waals surface area contributed by atoms with Crippen molar-refractivity contribution in [2.45, 2.75) is 19.4 Å². The van der Waals surface area contributed by atoms with Gasteiger partial charge in [-0.2, -0.15) is 0 Å². The van der Waals surface area contributed by atoms with Gasteiger partial charge in [-0.25, -0.2) is 4.57 Å². The quantitative estimate of drug-likeness (QED) is 0.391. The van der Waals surface area contributed by atoms with Crippen molar-refractivity contribution in [3.63, 3.8) is 0 Å². The van der Waals surface area contributed by atoms with Gasteiger partial charge in [0.25, 0.3) is 0 Å². The van der Waals surface area contributed by atoms with E-state index < -0.39 is 13.4 Å². The molecule has 0 aliphatic carbocycles. The first-order valence-corrected chi connectivity index (χ1v) is 7.33. The number of rotatable bonds is 8. The lowest BCUT2D eigenvalue weighted by Gasteiger charge is -2.17. The summed E-state index contributed by atoms with van der Waals surface area (Å²) in [7, 11) is -1.28. The van der Waals surface area contributed by atoms with Crippen LogP contribution in [0.15, 0.2) is 12.2 Å². The second kappa shape index (κ2) is 8.67. The molecule has 0 rings (SSSR count). The molecule has 1 unspecified atom stereocenters. The molecular weight excluding hydrogens is 281 g/mol. The minimum Gasteiger partial charge on any atom is -0.340 e. The Morgan fingerprint density at radius 2 is 1.83 bits per heavy atom. The number of hydrogen-bond donors (Lipinski definition) is 0. The van der Waals surface area contributed by atoms with Crippen LogP contribution in [-0.2, 0) is 22.9 Å². The molecular formula is C10H19ClNO5P. The van der Waals surface area contributed by atoms with Crippen molar-refractivity contribution in [2.24, 2.45) is 0 Å². The normalized spacial score (nSPS) is 13.8. The number of amides is 1. The average molecular weight is 300 g/mol. The van der Waals surface area contributed by atoms with E-state index in [1.165, 1.54) is 26.4 Å². The standard InChI is InChI=1S/C10H19ClNO5P/c1-5-12(6-2)10(13)8-7-9(11)17-18(14,15-3)16-4/h7-9H,5-6H2,1-4H3. The molecule has 0 bridgehead atoms. The van der Waals surface area contributed by atoms with E-state index in [2.05, 4.69) is 9.05 Å². The van der Waals surface area contributed by atoms with Gasteiger partial charge in [0.2, 0.25) is 5.91 Å². The van der Waals surface area contributed by atoms with Crippen LogP contribution in [0.25, 0.3) is 0 Å². The topological polar surface area (TPSA) is 65.1 Å². The third-order valence-corrected chi connectivity index (χ3v) is 3.88. The molecule has 0 aromatic rings. The highest BCUT2D eigenvalue weighted by molar-refractivity contribution is 7.48. The summed E-state index contributed by atoms with van der Waals surface area (Å²) in [6.45, 7) is 4.94. The van der Waals surface area contributed by atoms with E-state index in [9.17, 15) is 9.36 Å². The maximum Gasteiger partial charge on any atom is 0.476 e. The van der Waals surface area contributed by atoms with Crippen LogP contribution in [0, 0.1) is 0 Å². The van der Waals surface area contributed by atoms with Crippen molar-refractivity contribution in [1.29, 1.82) is 0 Å². The summed E-state index contributed by atoms with van der Waals surface area (Å²) in [5.74, 6) is -0.195. The lowest BCUT2D eigenvalue weighted by atomic mass is 10.4. The largest absolute Gasteiger partial charge is 0.476 e. The lowest BCUT2D eigenvalue weighted by molar-refractivity contribution is -0.125. The fourth-order valence-corrected chi connectivity index (χ4v) is 2.12. The summed E-state index contributed by atoms with van der Waals surface area (Å²) < 4.78 is 25.5. The summed E-state index contributed by atoms with van der Waals surface area (Å²) in [5.41, 5.74) is -1.07. The first-order chi connectivity index (χ1) is 8.42. The van der Waals surface area contributed by atoms with Gasteiger partial charge in [-0.15, -0.1) is 0 Å². The van der Waals surface area contributed by atoms with Crippen molar-refractivity contribution in [2.75, 3.05) is 27.3 Å². The Bertz CT molecular complexity index is 324. The summed E-state index contributed by atoms with van der Waals surface area (Å²) in [5, 5.41) is 0. The van der Waals surface area contributed by atoms with Crippen LogP contribution in [0.1, 0.15) is 13.8 Å². The Hall–Kier alpha value is -0.390. The third-order valence-electron chi connectivity index (χ3n) is 2.14. The van der Waals surface area contributed by atoms with Crippen molar-refractivity contribution in [3.05, 3.63) is 12.2 Å². The number of phosphoric acid groups is 1. The van der Waals surface area contributed by atoms with E-state index in [0.29, 0.717) is 13.1 Å². The van der Waals surface area contributed by atoms with Gasteiger partial charge >= 0.3 is 7.82 Å². The summed E-state index contributed by atoms with van der Waals surface area (Å²) >= 11 is 5.75. The average Bonchev–Trinajstić information content (AvgIpc) is 2.37. The number of carbonyl (C=O) groups is 1. The van der Waals surface area contributed by atoms with Gasteiger partial charge in [-0.05, 0) is 19.9 Å². The minimum atomic E-state index is -3.64. The van der Waals surface area contributed by atoms with Crippen LogP contribution in [0.5, 0.6) is 0 Å². The number of nitrogens with zero attached hydrogens (tertiary/aromatic N) is 1. The second-order valence-corrected chi connectivity index (χ2v) is 5.40. The molecule has 0 aromatic heterocycles. The molecule has 0 spiro atoms. The highest BCUT2D eigenvalue weighted by Gasteiger charge is 2.26. The highest BCUT2D eigenvalue weighted by atomic mass is 35.5. The number of carbonyl (C=O) groups excluding carboxylic acids is 1. The molecule has 0 saturated heterocycles. The Morgan fingerprint density at radius 1 is 1.33 bits per heavy atom. The summed E-state index contributed by atoms with van der Waals surface area (Å²) in [6, 6.07) is 0. The van der Waals surface area contributed by atoms with Crippen molar-refractivity contribution in [1.82, 2.24) is 4.90 Å². The zero-order valence-electron chi connectivity index (χ0n) is 11.0. The summed E-state index contributed by atoms with van der Waals surface area (Å²) in [4.78, 5) is 13.2. The fourth-order valence-electron chi connectivity index (χ4n) is 1.12. The molecule has 0 radical (unpaired) electrons. The van der Waals surface area contributed by atoms with Crippen LogP contribution in [0.4, 0.5) is 0 Å². The van der Waals surface area contributed by atoms with Gasteiger partial charge in [-0.3, -0.25) is 18.4 Å². The number of alkyl halides is 1. The van der Waals surface area contributed by atoms with E-state index in [1.807, 2.05) is 13.8 Å². The fraction of sp³-hybridized carbons (Fsp3) is 0.700. The van der Waals surface area contributed by atoms with E-state index in [0.717, 1.165) is 0 Å². The van der Waals surface area contributed by atoms with Crippen molar-refractivity contribution in [3.8, 4) is 0 Å². The number of hydrogen-bond acceptors (Lipinski definition) is 5. The van der Waals surface area contributed by atoms with E-state index in [-0.39, 0.29) is 5.91 Å². The van der Waals surface area contributed by atoms with E-state index in [1.54, 1.807) is 4.90 Å². The number of likely N-dealkylation sites (N-methyl/N-ethyl adjacent to an activating group) is 1. The van der Waals surface area contributed by atoms with Gasteiger partial charge in [0, 0.05) is 33.4 Å². The molecule has 106 valence electrons. The van der Waals surface area contributed by atoms with Crippen LogP contribution in [0.2, 0.25) is 0 Å². The predicted octanol–water partition coefficient (Wildman–Crippen LogP) is 2.39. The molecule has 0 aliphatic rings. The Labute approximate surface area is 112 Å². The van der Waals surface area contributed by atoms with Crippen molar-refractivity contribution >= 4 is 25.3 Å². The Kier molecular flexibility index (Phi) is 8.48. The highest BCUT2D eigenvalue weighted by Crippen LogP contribution is 2.49. The zero-order valence-corrected chi connectivity index (χ0v) is 12.6. The van der Waals surface area contributed by atoms with Gasteiger partial charge in [0.05, 0.1) is 0 Å². The second-order valence-electron chi connectivity index (χ2n) is 3.14. The molecule has 0 saturated carbocycles. The maximum absolute atomic E-state index is 11.6. The van der Waals surface area contributed by atoms with E-state index in [4.69, 9.17) is 16.1 Å². The smallest absolute Gasteiger partial charge is 0.340 e. The Balaban J connectivity index is 4.43. The molecule has 1 amide bonds. The van der Waals surface area contributed by atoms with E-state index >= 15 is 0 Å². The molecule has 0 aromatic carbocycles. The molecule has 0 N–H and O–H groups in total. The maximum atomic E-state index is 11.6. The molecule has 0 heterocycles. The lowest BCUT2D eigenvalue weighted by Crippen LogP contribution is -2.28. The third kappa shape index (κ3) is 5.98. The van der Waals surface area contributed by atoms with Gasteiger partial charge in [0.15, 0.2) is 5.56 Å². The molecule has 8 heteroatoms. The molecule has 0 fully saturated rings.